The first-order valence-electron chi connectivity index (χ1n) is 8.06. The van der Waals surface area contributed by atoms with Crippen molar-refractivity contribution in [3.63, 3.8) is 0 Å². The maximum Gasteiger partial charge on any atom is 0.257 e. The SMILES string of the molecule is CCCOc1c(OC(C)C)cccc1C(=O)N1CCNCC1. The first kappa shape index (κ1) is 16.6. The van der Waals surface area contributed by atoms with E-state index in [0.29, 0.717) is 23.7 Å². The highest BCUT2D eigenvalue weighted by Gasteiger charge is 2.23. The van der Waals surface area contributed by atoms with Crippen molar-refractivity contribution in [2.24, 2.45) is 0 Å². The molecule has 1 N–H and O–H groups in total. The predicted molar refractivity (Wildman–Crippen MR) is 86.8 cm³/mol. The summed E-state index contributed by atoms with van der Waals surface area (Å²) >= 11 is 0. The number of amides is 1. The number of nitrogens with zero attached hydrogens (tertiary/aromatic N) is 1. The van der Waals surface area contributed by atoms with Gasteiger partial charge in [0, 0.05) is 26.2 Å². The van der Waals surface area contributed by atoms with Crippen LogP contribution in [0.3, 0.4) is 0 Å². The van der Waals surface area contributed by atoms with Gasteiger partial charge in [-0.15, -0.1) is 0 Å². The average Bonchev–Trinajstić information content (AvgIpc) is 2.53. The first-order chi connectivity index (χ1) is 10.6. The van der Waals surface area contributed by atoms with Crippen LogP contribution in [0.1, 0.15) is 37.6 Å². The summed E-state index contributed by atoms with van der Waals surface area (Å²) in [6.07, 6.45) is 0.922. The Morgan fingerprint density at radius 3 is 2.68 bits per heavy atom. The van der Waals surface area contributed by atoms with E-state index >= 15 is 0 Å². The van der Waals surface area contributed by atoms with E-state index < -0.39 is 0 Å². The number of carbonyl (C=O) groups excluding carboxylic acids is 1. The van der Waals surface area contributed by atoms with E-state index in [2.05, 4.69) is 5.32 Å². The van der Waals surface area contributed by atoms with Crippen molar-refractivity contribution in [1.82, 2.24) is 10.2 Å². The third-order valence-electron chi connectivity index (χ3n) is 3.43. The van der Waals surface area contributed by atoms with Crippen molar-refractivity contribution in [1.29, 1.82) is 0 Å². The zero-order valence-corrected chi connectivity index (χ0v) is 13.7. The quantitative estimate of drug-likeness (QED) is 0.876. The van der Waals surface area contributed by atoms with Crippen molar-refractivity contribution in [3.8, 4) is 11.5 Å². The Bertz CT molecular complexity index is 497. The zero-order chi connectivity index (χ0) is 15.9. The van der Waals surface area contributed by atoms with E-state index in [4.69, 9.17) is 9.47 Å². The second kappa shape index (κ2) is 8.03. The molecule has 5 heteroatoms. The van der Waals surface area contributed by atoms with E-state index in [1.165, 1.54) is 0 Å². The molecule has 122 valence electrons. The second-order valence-corrected chi connectivity index (χ2v) is 5.69. The topological polar surface area (TPSA) is 50.8 Å². The summed E-state index contributed by atoms with van der Waals surface area (Å²) in [4.78, 5) is 14.6. The maximum atomic E-state index is 12.8. The van der Waals surface area contributed by atoms with Gasteiger partial charge in [0.15, 0.2) is 11.5 Å². The number of hydrogen-bond donors (Lipinski definition) is 1. The van der Waals surface area contributed by atoms with E-state index in [-0.39, 0.29) is 12.0 Å². The highest BCUT2D eigenvalue weighted by Crippen LogP contribution is 2.33. The van der Waals surface area contributed by atoms with E-state index in [1.807, 2.05) is 43.9 Å². The van der Waals surface area contributed by atoms with Crippen LogP contribution in [-0.4, -0.2) is 49.7 Å². The number of benzene rings is 1. The van der Waals surface area contributed by atoms with Gasteiger partial charge in [-0.05, 0) is 32.4 Å². The lowest BCUT2D eigenvalue weighted by Gasteiger charge is -2.28. The van der Waals surface area contributed by atoms with E-state index in [1.54, 1.807) is 0 Å². The Morgan fingerprint density at radius 1 is 1.32 bits per heavy atom. The third kappa shape index (κ3) is 4.13. The molecule has 0 bridgehead atoms. The fraction of sp³-hybridized carbons (Fsp3) is 0.588. The summed E-state index contributed by atoms with van der Waals surface area (Å²) in [5, 5.41) is 3.26. The van der Waals surface area contributed by atoms with E-state index in [0.717, 1.165) is 32.6 Å². The summed E-state index contributed by atoms with van der Waals surface area (Å²) < 4.78 is 11.7. The highest BCUT2D eigenvalue weighted by atomic mass is 16.5. The molecular formula is C17H26N2O3. The number of carbonyl (C=O) groups is 1. The molecule has 5 nitrogen and oxygen atoms in total. The van der Waals surface area contributed by atoms with Gasteiger partial charge >= 0.3 is 0 Å². The first-order valence-corrected chi connectivity index (χ1v) is 8.06. The average molecular weight is 306 g/mol. The Balaban J connectivity index is 2.29. The van der Waals surface area contributed by atoms with Crippen LogP contribution < -0.4 is 14.8 Å². The van der Waals surface area contributed by atoms with Gasteiger partial charge in [0.25, 0.3) is 5.91 Å². The lowest BCUT2D eigenvalue weighted by atomic mass is 10.1. The molecular weight excluding hydrogens is 280 g/mol. The number of hydrogen-bond acceptors (Lipinski definition) is 4. The molecule has 22 heavy (non-hydrogen) atoms. The van der Waals surface area contributed by atoms with Crippen LogP contribution in [0.15, 0.2) is 18.2 Å². The van der Waals surface area contributed by atoms with Crippen molar-refractivity contribution in [3.05, 3.63) is 23.8 Å². The molecule has 1 fully saturated rings. The van der Waals surface area contributed by atoms with Crippen LogP contribution in [0.25, 0.3) is 0 Å². The Morgan fingerprint density at radius 2 is 2.05 bits per heavy atom. The fourth-order valence-electron chi connectivity index (χ4n) is 2.42. The zero-order valence-electron chi connectivity index (χ0n) is 13.7. The van der Waals surface area contributed by atoms with Gasteiger partial charge < -0.3 is 19.7 Å². The number of piperazine rings is 1. The molecule has 0 radical (unpaired) electrons. The largest absolute Gasteiger partial charge is 0.489 e. The summed E-state index contributed by atoms with van der Waals surface area (Å²) in [7, 11) is 0. The van der Waals surface area contributed by atoms with Gasteiger partial charge in [0.05, 0.1) is 18.3 Å². The molecule has 1 saturated heterocycles. The van der Waals surface area contributed by atoms with Crippen molar-refractivity contribution < 1.29 is 14.3 Å². The van der Waals surface area contributed by atoms with Gasteiger partial charge in [-0.2, -0.15) is 0 Å². The summed E-state index contributed by atoms with van der Waals surface area (Å²) in [5.74, 6) is 1.23. The molecule has 0 saturated carbocycles. The van der Waals surface area contributed by atoms with Crippen molar-refractivity contribution >= 4 is 5.91 Å². The Kier molecular flexibility index (Phi) is 6.07. The normalized spacial score (nSPS) is 15.0. The molecule has 1 aliphatic rings. The molecule has 0 atom stereocenters. The molecule has 0 unspecified atom stereocenters. The number of para-hydroxylation sites is 1. The van der Waals surface area contributed by atoms with Crippen LogP contribution in [0, 0.1) is 0 Å². The minimum absolute atomic E-state index is 0.0156. The molecule has 1 heterocycles. The van der Waals surface area contributed by atoms with Gasteiger partial charge in [0.1, 0.15) is 0 Å². The molecule has 0 spiro atoms. The van der Waals surface area contributed by atoms with Gasteiger partial charge in [-0.3, -0.25) is 4.79 Å². The van der Waals surface area contributed by atoms with Crippen molar-refractivity contribution in [2.45, 2.75) is 33.3 Å². The van der Waals surface area contributed by atoms with Crippen LogP contribution in [0.2, 0.25) is 0 Å². The second-order valence-electron chi connectivity index (χ2n) is 5.69. The van der Waals surface area contributed by atoms with E-state index in [9.17, 15) is 4.79 Å². The molecule has 0 aromatic heterocycles. The molecule has 2 rings (SSSR count). The van der Waals surface area contributed by atoms with Crippen LogP contribution >= 0.6 is 0 Å². The van der Waals surface area contributed by atoms with Gasteiger partial charge in [-0.1, -0.05) is 13.0 Å². The monoisotopic (exact) mass is 306 g/mol. The van der Waals surface area contributed by atoms with Crippen LogP contribution in [0.5, 0.6) is 11.5 Å². The molecule has 1 amide bonds. The van der Waals surface area contributed by atoms with Gasteiger partial charge in [0.2, 0.25) is 0 Å². The molecule has 0 aliphatic carbocycles. The molecule has 1 aromatic carbocycles. The Labute approximate surface area is 132 Å². The predicted octanol–water partition coefficient (Wildman–Crippen LogP) is 2.31. The summed E-state index contributed by atoms with van der Waals surface area (Å²) in [5.41, 5.74) is 0.591. The lowest BCUT2D eigenvalue weighted by molar-refractivity contribution is 0.0729. The summed E-state index contributed by atoms with van der Waals surface area (Å²) in [6.45, 7) is 9.66. The smallest absolute Gasteiger partial charge is 0.257 e. The van der Waals surface area contributed by atoms with Gasteiger partial charge in [-0.25, -0.2) is 0 Å². The minimum Gasteiger partial charge on any atom is -0.489 e. The molecule has 1 aromatic rings. The number of nitrogens with one attached hydrogen (secondary N) is 1. The highest BCUT2D eigenvalue weighted by molar-refractivity contribution is 5.98. The lowest BCUT2D eigenvalue weighted by Crippen LogP contribution is -2.46. The number of ether oxygens (including phenoxy) is 2. The molecule has 1 aliphatic heterocycles. The number of rotatable bonds is 6. The standard InChI is InChI=1S/C17H26N2O3/c1-4-12-21-16-14(6-5-7-15(16)22-13(2)3)17(20)19-10-8-18-9-11-19/h5-7,13,18H,4,8-12H2,1-3H3. The maximum absolute atomic E-state index is 12.8. The van der Waals surface area contributed by atoms with Crippen LogP contribution in [0.4, 0.5) is 0 Å². The third-order valence-corrected chi connectivity index (χ3v) is 3.43. The van der Waals surface area contributed by atoms with Crippen LogP contribution in [-0.2, 0) is 0 Å². The van der Waals surface area contributed by atoms with Crippen molar-refractivity contribution in [2.75, 3.05) is 32.8 Å². The fourth-order valence-corrected chi connectivity index (χ4v) is 2.42. The summed E-state index contributed by atoms with van der Waals surface area (Å²) in [6, 6.07) is 5.54. The minimum atomic E-state index is 0.0156. The Hall–Kier alpha value is -1.75.